The second-order valence-corrected chi connectivity index (χ2v) is 5.91. The van der Waals surface area contributed by atoms with Gasteiger partial charge in [-0.1, -0.05) is 54.1 Å². The number of anilines is 2. The van der Waals surface area contributed by atoms with Crippen LogP contribution in [0.3, 0.4) is 0 Å². The van der Waals surface area contributed by atoms with E-state index in [0.717, 1.165) is 16.8 Å². The quantitative estimate of drug-likeness (QED) is 0.661. The fourth-order valence-corrected chi connectivity index (χ4v) is 2.55. The second-order valence-electron chi connectivity index (χ2n) is 5.47. The molecule has 126 valence electrons. The maximum atomic E-state index is 13.6. The number of rotatable bonds is 5. The Morgan fingerprint density at radius 3 is 2.32 bits per heavy atom. The SMILES string of the molecule is O=C(CNc1ccc(-c2ccccc2)cc1)Nc1cc(Cl)ccc1F. The van der Waals surface area contributed by atoms with Crippen molar-refractivity contribution < 1.29 is 9.18 Å². The van der Waals surface area contributed by atoms with E-state index >= 15 is 0 Å². The Labute approximate surface area is 150 Å². The molecule has 0 bridgehead atoms. The minimum atomic E-state index is -0.523. The van der Waals surface area contributed by atoms with Crippen molar-refractivity contribution in [1.82, 2.24) is 0 Å². The largest absolute Gasteiger partial charge is 0.376 e. The van der Waals surface area contributed by atoms with E-state index in [2.05, 4.69) is 10.6 Å². The molecule has 0 unspecified atom stereocenters. The molecule has 0 fully saturated rings. The van der Waals surface area contributed by atoms with Crippen LogP contribution in [-0.2, 0) is 4.79 Å². The predicted molar refractivity (Wildman–Crippen MR) is 100 cm³/mol. The number of halogens is 2. The summed E-state index contributed by atoms with van der Waals surface area (Å²) < 4.78 is 13.6. The van der Waals surface area contributed by atoms with Gasteiger partial charge < -0.3 is 10.6 Å². The Morgan fingerprint density at radius 2 is 1.60 bits per heavy atom. The van der Waals surface area contributed by atoms with E-state index < -0.39 is 5.82 Å². The van der Waals surface area contributed by atoms with Gasteiger partial charge in [0.2, 0.25) is 5.91 Å². The van der Waals surface area contributed by atoms with Crippen LogP contribution in [0.2, 0.25) is 5.02 Å². The van der Waals surface area contributed by atoms with Crippen molar-refractivity contribution in [3.05, 3.63) is 83.6 Å². The summed E-state index contributed by atoms with van der Waals surface area (Å²) in [6, 6.07) is 21.8. The zero-order valence-electron chi connectivity index (χ0n) is 13.3. The maximum absolute atomic E-state index is 13.6. The van der Waals surface area contributed by atoms with Crippen LogP contribution >= 0.6 is 11.6 Å². The van der Waals surface area contributed by atoms with Gasteiger partial charge in [0, 0.05) is 10.7 Å². The molecular weight excluding hydrogens is 339 g/mol. The first kappa shape index (κ1) is 17.0. The van der Waals surface area contributed by atoms with Gasteiger partial charge in [0.1, 0.15) is 5.82 Å². The Hall–Kier alpha value is -2.85. The first-order valence-electron chi connectivity index (χ1n) is 7.76. The first-order valence-corrected chi connectivity index (χ1v) is 8.14. The van der Waals surface area contributed by atoms with Gasteiger partial charge in [-0.15, -0.1) is 0 Å². The highest BCUT2D eigenvalue weighted by Gasteiger charge is 2.07. The molecule has 3 aromatic rings. The maximum Gasteiger partial charge on any atom is 0.243 e. The number of amides is 1. The molecule has 0 saturated heterocycles. The van der Waals surface area contributed by atoms with Crippen molar-refractivity contribution in [3.8, 4) is 11.1 Å². The minimum Gasteiger partial charge on any atom is -0.376 e. The molecule has 25 heavy (non-hydrogen) atoms. The van der Waals surface area contributed by atoms with Crippen molar-refractivity contribution >= 4 is 28.9 Å². The lowest BCUT2D eigenvalue weighted by molar-refractivity contribution is -0.114. The van der Waals surface area contributed by atoms with Gasteiger partial charge in [0.25, 0.3) is 0 Å². The summed E-state index contributed by atoms with van der Waals surface area (Å²) in [6.45, 7) is 0.0244. The van der Waals surface area contributed by atoms with Crippen LogP contribution in [0.4, 0.5) is 15.8 Å². The molecular formula is C20H16ClFN2O. The molecule has 2 N–H and O–H groups in total. The van der Waals surface area contributed by atoms with Gasteiger partial charge in [-0.05, 0) is 41.5 Å². The van der Waals surface area contributed by atoms with E-state index in [1.165, 1.54) is 18.2 Å². The summed E-state index contributed by atoms with van der Waals surface area (Å²) in [5.41, 5.74) is 3.10. The van der Waals surface area contributed by atoms with Gasteiger partial charge in [0.15, 0.2) is 0 Å². The van der Waals surface area contributed by atoms with Crippen LogP contribution in [0.15, 0.2) is 72.8 Å². The molecule has 0 aliphatic heterocycles. The lowest BCUT2D eigenvalue weighted by atomic mass is 10.1. The van der Waals surface area contributed by atoms with E-state index in [1.54, 1.807) is 0 Å². The molecule has 3 nitrogen and oxygen atoms in total. The third-order valence-electron chi connectivity index (χ3n) is 3.65. The Balaban J connectivity index is 1.58. The van der Waals surface area contributed by atoms with Crippen LogP contribution < -0.4 is 10.6 Å². The van der Waals surface area contributed by atoms with Crippen molar-refractivity contribution in [2.24, 2.45) is 0 Å². The van der Waals surface area contributed by atoms with Crippen molar-refractivity contribution in [1.29, 1.82) is 0 Å². The molecule has 0 atom stereocenters. The van der Waals surface area contributed by atoms with E-state index in [0.29, 0.717) is 5.02 Å². The number of hydrogen-bond donors (Lipinski definition) is 2. The van der Waals surface area contributed by atoms with Gasteiger partial charge in [-0.25, -0.2) is 4.39 Å². The molecule has 0 saturated carbocycles. The number of benzene rings is 3. The van der Waals surface area contributed by atoms with E-state index in [4.69, 9.17) is 11.6 Å². The third kappa shape index (κ3) is 4.58. The standard InChI is InChI=1S/C20H16ClFN2O/c21-16-8-11-18(22)19(12-16)24-20(25)13-23-17-9-6-15(7-10-17)14-4-2-1-3-5-14/h1-12,23H,13H2,(H,24,25). The van der Waals surface area contributed by atoms with Crippen LogP contribution in [0.25, 0.3) is 11.1 Å². The fraction of sp³-hybridized carbons (Fsp3) is 0.0500. The summed E-state index contributed by atoms with van der Waals surface area (Å²) in [5, 5.41) is 5.87. The Bertz CT molecular complexity index is 867. The molecule has 0 aromatic heterocycles. The summed E-state index contributed by atoms with van der Waals surface area (Å²) in [4.78, 5) is 12.0. The highest BCUT2D eigenvalue weighted by Crippen LogP contribution is 2.21. The molecule has 0 radical (unpaired) electrons. The van der Waals surface area contributed by atoms with Crippen LogP contribution in [0, 0.1) is 5.82 Å². The highest BCUT2D eigenvalue weighted by molar-refractivity contribution is 6.30. The molecule has 5 heteroatoms. The summed E-state index contributed by atoms with van der Waals surface area (Å²) in [6.07, 6.45) is 0. The molecule has 3 aromatic carbocycles. The summed E-state index contributed by atoms with van der Waals surface area (Å²) in [5.74, 6) is -0.877. The smallest absolute Gasteiger partial charge is 0.243 e. The normalized spacial score (nSPS) is 10.3. The average Bonchev–Trinajstić information content (AvgIpc) is 2.64. The van der Waals surface area contributed by atoms with Crippen molar-refractivity contribution in [2.75, 3.05) is 17.2 Å². The highest BCUT2D eigenvalue weighted by atomic mass is 35.5. The third-order valence-corrected chi connectivity index (χ3v) is 3.88. The van der Waals surface area contributed by atoms with Crippen molar-refractivity contribution in [2.45, 2.75) is 0 Å². The summed E-state index contributed by atoms with van der Waals surface area (Å²) in [7, 11) is 0. The van der Waals surface area contributed by atoms with E-state index in [-0.39, 0.29) is 18.1 Å². The Morgan fingerprint density at radius 1 is 0.920 bits per heavy atom. The first-order chi connectivity index (χ1) is 12.1. The van der Waals surface area contributed by atoms with Crippen LogP contribution in [-0.4, -0.2) is 12.5 Å². The molecule has 0 aliphatic rings. The van der Waals surface area contributed by atoms with Gasteiger partial charge in [0.05, 0.1) is 12.2 Å². The van der Waals surface area contributed by atoms with E-state index in [1.807, 2.05) is 54.6 Å². The number of carbonyl (C=O) groups is 1. The van der Waals surface area contributed by atoms with Crippen molar-refractivity contribution in [3.63, 3.8) is 0 Å². The van der Waals surface area contributed by atoms with Gasteiger partial charge >= 0.3 is 0 Å². The lowest BCUT2D eigenvalue weighted by Gasteiger charge is -2.09. The molecule has 0 spiro atoms. The predicted octanol–water partition coefficient (Wildman–Crippen LogP) is 5.20. The summed E-state index contributed by atoms with van der Waals surface area (Å²) >= 11 is 5.80. The lowest BCUT2D eigenvalue weighted by Crippen LogP contribution is -2.22. The number of nitrogens with one attached hydrogen (secondary N) is 2. The molecule has 3 rings (SSSR count). The molecule has 0 aliphatic carbocycles. The second kappa shape index (κ2) is 7.81. The number of hydrogen-bond acceptors (Lipinski definition) is 2. The van der Waals surface area contributed by atoms with Crippen LogP contribution in [0.1, 0.15) is 0 Å². The van der Waals surface area contributed by atoms with Gasteiger partial charge in [-0.3, -0.25) is 4.79 Å². The fourth-order valence-electron chi connectivity index (χ4n) is 2.38. The zero-order valence-corrected chi connectivity index (χ0v) is 14.1. The Kier molecular flexibility index (Phi) is 5.31. The molecule has 0 heterocycles. The van der Waals surface area contributed by atoms with E-state index in [9.17, 15) is 9.18 Å². The zero-order chi connectivity index (χ0) is 17.6. The van der Waals surface area contributed by atoms with Crippen LogP contribution in [0.5, 0.6) is 0 Å². The number of carbonyl (C=O) groups excluding carboxylic acids is 1. The minimum absolute atomic E-state index is 0.0244. The topological polar surface area (TPSA) is 41.1 Å². The monoisotopic (exact) mass is 354 g/mol. The molecule has 1 amide bonds. The van der Waals surface area contributed by atoms with Gasteiger partial charge in [-0.2, -0.15) is 0 Å². The average molecular weight is 355 g/mol.